The molecule has 7 heteroatoms. The van der Waals surface area contributed by atoms with Crippen LogP contribution >= 0.6 is 0 Å². The molecule has 0 radical (unpaired) electrons. The summed E-state index contributed by atoms with van der Waals surface area (Å²) >= 11 is 0. The molecular weight excluding hydrogens is 294 g/mol. The second kappa shape index (κ2) is 7.29. The number of aromatic nitrogens is 3. The van der Waals surface area contributed by atoms with Crippen molar-refractivity contribution in [1.29, 1.82) is 0 Å². The van der Waals surface area contributed by atoms with Crippen LogP contribution in [0.2, 0.25) is 0 Å². The van der Waals surface area contributed by atoms with Crippen LogP contribution in [0.4, 0.5) is 0 Å². The van der Waals surface area contributed by atoms with Gasteiger partial charge < -0.3 is 9.80 Å². The van der Waals surface area contributed by atoms with Crippen LogP contribution in [0, 0.1) is 0 Å². The van der Waals surface area contributed by atoms with Crippen molar-refractivity contribution in [2.24, 2.45) is 0 Å². The Balaban J connectivity index is 1.56. The molecular formula is C16H27N5O2. The van der Waals surface area contributed by atoms with Crippen LogP contribution < -0.4 is 5.69 Å². The standard InChI is InChI=1S/C16H27N5O2/c1-2-7-21-16(23)20-12-11-19(13-14(20)17-21)15(22)6-10-18-8-4-3-5-9-18/h2-13H2,1H3. The molecule has 1 amide bonds. The van der Waals surface area contributed by atoms with E-state index < -0.39 is 0 Å². The van der Waals surface area contributed by atoms with Gasteiger partial charge in [0.2, 0.25) is 5.91 Å². The van der Waals surface area contributed by atoms with Gasteiger partial charge in [-0.3, -0.25) is 9.36 Å². The SMILES string of the molecule is CCCn1nc2n(c1=O)CCN(C(=O)CCN1CCCCC1)C2. The van der Waals surface area contributed by atoms with Crippen LogP contribution in [0.15, 0.2) is 4.79 Å². The summed E-state index contributed by atoms with van der Waals surface area (Å²) in [4.78, 5) is 28.8. The lowest BCUT2D eigenvalue weighted by Crippen LogP contribution is -2.42. The Hall–Kier alpha value is -1.63. The molecule has 1 aromatic rings. The zero-order chi connectivity index (χ0) is 16.2. The van der Waals surface area contributed by atoms with Crippen molar-refractivity contribution in [1.82, 2.24) is 24.1 Å². The van der Waals surface area contributed by atoms with Gasteiger partial charge >= 0.3 is 5.69 Å². The lowest BCUT2D eigenvalue weighted by atomic mass is 10.1. The van der Waals surface area contributed by atoms with E-state index in [1.165, 1.54) is 23.9 Å². The first-order chi connectivity index (χ1) is 11.2. The molecule has 2 aliphatic heterocycles. The number of amides is 1. The van der Waals surface area contributed by atoms with Crippen LogP contribution in [0.25, 0.3) is 0 Å². The topological polar surface area (TPSA) is 63.4 Å². The summed E-state index contributed by atoms with van der Waals surface area (Å²) in [5, 5.41) is 4.39. The smallest absolute Gasteiger partial charge is 0.333 e. The summed E-state index contributed by atoms with van der Waals surface area (Å²) in [6.45, 7) is 7.40. The Morgan fingerprint density at radius 1 is 1.09 bits per heavy atom. The number of carbonyl (C=O) groups is 1. The highest BCUT2D eigenvalue weighted by Crippen LogP contribution is 2.12. The fourth-order valence-electron chi connectivity index (χ4n) is 3.46. The fraction of sp³-hybridized carbons (Fsp3) is 0.812. The van der Waals surface area contributed by atoms with E-state index in [4.69, 9.17) is 0 Å². The number of piperidine rings is 1. The first-order valence-electron chi connectivity index (χ1n) is 8.85. The quantitative estimate of drug-likeness (QED) is 0.800. The van der Waals surface area contributed by atoms with Crippen LogP contribution in [-0.2, 0) is 24.4 Å². The third-order valence-corrected chi connectivity index (χ3v) is 4.80. The number of carbonyl (C=O) groups excluding carboxylic acids is 1. The third kappa shape index (κ3) is 3.65. The van der Waals surface area contributed by atoms with Gasteiger partial charge in [-0.25, -0.2) is 9.48 Å². The second-order valence-electron chi connectivity index (χ2n) is 6.54. The molecule has 3 heterocycles. The number of aryl methyl sites for hydroxylation is 1. The highest BCUT2D eigenvalue weighted by Gasteiger charge is 2.25. The Bertz CT molecular complexity index is 600. The molecule has 2 aliphatic rings. The van der Waals surface area contributed by atoms with E-state index in [1.807, 2.05) is 11.8 Å². The van der Waals surface area contributed by atoms with E-state index in [0.717, 1.165) is 31.9 Å². The maximum atomic E-state index is 12.4. The van der Waals surface area contributed by atoms with Gasteiger partial charge in [-0.05, 0) is 32.4 Å². The zero-order valence-corrected chi connectivity index (χ0v) is 14.0. The third-order valence-electron chi connectivity index (χ3n) is 4.80. The predicted molar refractivity (Wildman–Crippen MR) is 87.1 cm³/mol. The minimum atomic E-state index is -0.0396. The lowest BCUT2D eigenvalue weighted by molar-refractivity contribution is -0.133. The van der Waals surface area contributed by atoms with Gasteiger partial charge in [0.25, 0.3) is 0 Å². The summed E-state index contributed by atoms with van der Waals surface area (Å²) in [6.07, 6.45) is 5.27. The number of fused-ring (bicyclic) bond motifs is 1. The number of nitrogens with zero attached hydrogens (tertiary/aromatic N) is 5. The molecule has 0 aliphatic carbocycles. The van der Waals surface area contributed by atoms with Crippen molar-refractivity contribution >= 4 is 5.91 Å². The Labute approximate surface area is 136 Å². The number of hydrogen-bond donors (Lipinski definition) is 0. The minimum absolute atomic E-state index is 0.0396. The summed E-state index contributed by atoms with van der Waals surface area (Å²) in [5.74, 6) is 0.903. The molecule has 0 unspecified atom stereocenters. The fourth-order valence-corrected chi connectivity index (χ4v) is 3.46. The molecule has 1 fully saturated rings. The molecule has 0 saturated carbocycles. The number of rotatable bonds is 5. The van der Waals surface area contributed by atoms with E-state index in [1.54, 1.807) is 4.57 Å². The maximum Gasteiger partial charge on any atom is 0.346 e. The normalized spacial score (nSPS) is 18.9. The Morgan fingerprint density at radius 2 is 1.87 bits per heavy atom. The molecule has 1 saturated heterocycles. The molecule has 0 N–H and O–H groups in total. The number of hydrogen-bond acceptors (Lipinski definition) is 4. The van der Waals surface area contributed by atoms with Crippen molar-refractivity contribution < 1.29 is 4.79 Å². The van der Waals surface area contributed by atoms with Gasteiger partial charge in [-0.1, -0.05) is 13.3 Å². The van der Waals surface area contributed by atoms with Crippen molar-refractivity contribution in [2.75, 3.05) is 26.2 Å². The summed E-state index contributed by atoms with van der Waals surface area (Å²) in [6, 6.07) is 0. The highest BCUT2D eigenvalue weighted by atomic mass is 16.2. The number of likely N-dealkylation sites (tertiary alicyclic amines) is 1. The van der Waals surface area contributed by atoms with Gasteiger partial charge in [0, 0.05) is 32.6 Å². The van der Waals surface area contributed by atoms with Crippen LogP contribution in [0.5, 0.6) is 0 Å². The van der Waals surface area contributed by atoms with Crippen LogP contribution in [-0.4, -0.2) is 56.2 Å². The Morgan fingerprint density at radius 3 is 2.61 bits per heavy atom. The molecule has 23 heavy (non-hydrogen) atoms. The molecule has 0 aromatic carbocycles. The first kappa shape index (κ1) is 16.2. The van der Waals surface area contributed by atoms with Crippen molar-refractivity contribution in [3.8, 4) is 0 Å². The molecule has 3 rings (SSSR count). The monoisotopic (exact) mass is 321 g/mol. The lowest BCUT2D eigenvalue weighted by Gasteiger charge is -2.29. The molecule has 128 valence electrons. The zero-order valence-electron chi connectivity index (χ0n) is 14.0. The molecule has 0 bridgehead atoms. The molecule has 0 atom stereocenters. The van der Waals surface area contributed by atoms with Gasteiger partial charge in [0.05, 0.1) is 6.54 Å². The molecule has 1 aromatic heterocycles. The average molecular weight is 321 g/mol. The van der Waals surface area contributed by atoms with E-state index in [-0.39, 0.29) is 11.6 Å². The van der Waals surface area contributed by atoms with E-state index in [0.29, 0.717) is 32.6 Å². The molecule has 0 spiro atoms. The van der Waals surface area contributed by atoms with Crippen LogP contribution in [0.3, 0.4) is 0 Å². The van der Waals surface area contributed by atoms with Crippen molar-refractivity contribution in [3.05, 3.63) is 16.3 Å². The maximum absolute atomic E-state index is 12.4. The van der Waals surface area contributed by atoms with Gasteiger partial charge in [-0.2, -0.15) is 5.10 Å². The minimum Gasteiger partial charge on any atom is -0.333 e. The highest BCUT2D eigenvalue weighted by molar-refractivity contribution is 5.76. The van der Waals surface area contributed by atoms with Gasteiger partial charge in [0.1, 0.15) is 0 Å². The molecule has 7 nitrogen and oxygen atoms in total. The van der Waals surface area contributed by atoms with Crippen molar-refractivity contribution in [3.63, 3.8) is 0 Å². The average Bonchev–Trinajstić information content (AvgIpc) is 2.89. The van der Waals surface area contributed by atoms with Crippen LogP contribution in [0.1, 0.15) is 44.9 Å². The predicted octanol–water partition coefficient (Wildman–Crippen LogP) is 0.673. The van der Waals surface area contributed by atoms with E-state index in [2.05, 4.69) is 10.00 Å². The summed E-state index contributed by atoms with van der Waals surface area (Å²) in [5.41, 5.74) is -0.0396. The summed E-state index contributed by atoms with van der Waals surface area (Å²) < 4.78 is 3.24. The van der Waals surface area contributed by atoms with Crippen molar-refractivity contribution in [2.45, 2.75) is 58.7 Å². The van der Waals surface area contributed by atoms with E-state index >= 15 is 0 Å². The second-order valence-corrected chi connectivity index (χ2v) is 6.54. The Kier molecular flexibility index (Phi) is 5.15. The largest absolute Gasteiger partial charge is 0.346 e. The van der Waals surface area contributed by atoms with E-state index in [9.17, 15) is 9.59 Å². The summed E-state index contributed by atoms with van der Waals surface area (Å²) in [7, 11) is 0. The first-order valence-corrected chi connectivity index (χ1v) is 8.85. The van der Waals surface area contributed by atoms with Gasteiger partial charge in [0.15, 0.2) is 5.82 Å². The van der Waals surface area contributed by atoms with Gasteiger partial charge in [-0.15, -0.1) is 0 Å².